The summed E-state index contributed by atoms with van der Waals surface area (Å²) in [5.74, 6) is -1.26. The van der Waals surface area contributed by atoms with E-state index < -0.39 is 23.6 Å². The Balaban J connectivity index is 1.69. The normalized spacial score (nSPS) is 15.7. The van der Waals surface area contributed by atoms with Crippen LogP contribution >= 0.6 is 0 Å². The van der Waals surface area contributed by atoms with Crippen LogP contribution in [0.15, 0.2) is 48.8 Å². The minimum Gasteiger partial charge on any atom is -0.378 e. The Hall–Kier alpha value is -3.00. The lowest BCUT2D eigenvalue weighted by Crippen LogP contribution is -2.20. The Labute approximate surface area is 171 Å². The summed E-state index contributed by atoms with van der Waals surface area (Å²) >= 11 is 0. The van der Waals surface area contributed by atoms with Gasteiger partial charge in [-0.3, -0.25) is 9.97 Å². The Morgan fingerprint density at radius 3 is 2.73 bits per heavy atom. The van der Waals surface area contributed by atoms with Crippen molar-refractivity contribution in [3.05, 3.63) is 71.4 Å². The van der Waals surface area contributed by atoms with Gasteiger partial charge in [-0.1, -0.05) is 18.2 Å². The second-order valence-corrected chi connectivity index (χ2v) is 7.20. The topological polar surface area (TPSA) is 49.8 Å². The van der Waals surface area contributed by atoms with E-state index in [0.29, 0.717) is 11.2 Å². The minimum atomic E-state index is -4.74. The van der Waals surface area contributed by atoms with Crippen LogP contribution in [0, 0.1) is 5.82 Å². The maximum atomic E-state index is 14.5. The second-order valence-electron chi connectivity index (χ2n) is 7.20. The number of hydrogen-bond acceptors (Lipinski definition) is 4. The summed E-state index contributed by atoms with van der Waals surface area (Å²) < 4.78 is 53.7. The molecule has 3 aromatic rings. The molecule has 0 saturated carbocycles. The first-order valence-electron chi connectivity index (χ1n) is 9.61. The predicted molar refractivity (Wildman–Crippen MR) is 108 cm³/mol. The molecule has 0 radical (unpaired) electrons. The lowest BCUT2D eigenvalue weighted by atomic mass is 10.0. The first kappa shape index (κ1) is 20.3. The molecule has 0 bridgehead atoms. The first-order chi connectivity index (χ1) is 14.3. The number of rotatable bonds is 4. The summed E-state index contributed by atoms with van der Waals surface area (Å²) in [7, 11) is 0. The molecule has 4 rings (SSSR count). The van der Waals surface area contributed by atoms with Crippen molar-refractivity contribution in [3.8, 4) is 0 Å². The zero-order chi connectivity index (χ0) is 21.3. The highest BCUT2D eigenvalue weighted by Crippen LogP contribution is 2.35. The quantitative estimate of drug-likeness (QED) is 0.564. The van der Waals surface area contributed by atoms with E-state index in [-0.39, 0.29) is 5.56 Å². The highest BCUT2D eigenvalue weighted by atomic mass is 19.4. The van der Waals surface area contributed by atoms with Crippen molar-refractivity contribution in [2.75, 3.05) is 18.4 Å². The molecule has 0 amide bonds. The van der Waals surface area contributed by atoms with Gasteiger partial charge in [0.05, 0.1) is 29.0 Å². The SMILES string of the molecule is C[C@@H](Nc1ccnc2cnc(C3=CCNCC3)cc12)c1cccc(C(F)(F)F)c1F. The third-order valence-corrected chi connectivity index (χ3v) is 5.19. The smallest absolute Gasteiger partial charge is 0.378 e. The zero-order valence-electron chi connectivity index (χ0n) is 16.2. The van der Waals surface area contributed by atoms with Gasteiger partial charge in [0.1, 0.15) is 5.82 Å². The number of aromatic nitrogens is 2. The number of nitrogens with zero attached hydrogens (tertiary/aromatic N) is 2. The van der Waals surface area contributed by atoms with Crippen LogP contribution in [-0.4, -0.2) is 23.1 Å². The molecule has 4 nitrogen and oxygen atoms in total. The van der Waals surface area contributed by atoms with E-state index in [2.05, 4.69) is 26.7 Å². The highest BCUT2D eigenvalue weighted by Gasteiger charge is 2.35. The second kappa shape index (κ2) is 8.02. The third kappa shape index (κ3) is 4.00. The molecule has 156 valence electrons. The van der Waals surface area contributed by atoms with Crippen LogP contribution in [-0.2, 0) is 6.18 Å². The molecule has 1 aromatic carbocycles. The highest BCUT2D eigenvalue weighted by molar-refractivity contribution is 5.92. The minimum absolute atomic E-state index is 0.0508. The maximum Gasteiger partial charge on any atom is 0.419 e. The summed E-state index contributed by atoms with van der Waals surface area (Å²) in [5.41, 5.74) is 1.94. The van der Waals surface area contributed by atoms with Gasteiger partial charge in [-0.05, 0) is 43.7 Å². The van der Waals surface area contributed by atoms with E-state index in [0.717, 1.165) is 42.2 Å². The molecule has 0 spiro atoms. The molecule has 30 heavy (non-hydrogen) atoms. The molecule has 8 heteroatoms. The Morgan fingerprint density at radius 1 is 1.17 bits per heavy atom. The molecule has 1 atom stereocenters. The molecule has 1 aliphatic rings. The van der Waals surface area contributed by atoms with Gasteiger partial charge in [0, 0.05) is 29.4 Å². The van der Waals surface area contributed by atoms with E-state index in [1.165, 1.54) is 12.1 Å². The number of halogens is 4. The van der Waals surface area contributed by atoms with E-state index in [1.54, 1.807) is 25.4 Å². The van der Waals surface area contributed by atoms with E-state index >= 15 is 0 Å². The van der Waals surface area contributed by atoms with Crippen LogP contribution in [0.5, 0.6) is 0 Å². The summed E-state index contributed by atoms with van der Waals surface area (Å²) in [6.45, 7) is 3.27. The molecule has 0 unspecified atom stereocenters. The van der Waals surface area contributed by atoms with Crippen molar-refractivity contribution in [2.45, 2.75) is 25.6 Å². The van der Waals surface area contributed by atoms with Crippen molar-refractivity contribution in [1.29, 1.82) is 0 Å². The van der Waals surface area contributed by atoms with E-state index in [1.807, 2.05) is 6.07 Å². The van der Waals surface area contributed by atoms with Crippen molar-refractivity contribution in [1.82, 2.24) is 15.3 Å². The van der Waals surface area contributed by atoms with Gasteiger partial charge in [-0.25, -0.2) is 4.39 Å². The van der Waals surface area contributed by atoms with Gasteiger partial charge in [-0.2, -0.15) is 13.2 Å². The number of nitrogens with one attached hydrogen (secondary N) is 2. The molecular formula is C22H20F4N4. The fourth-order valence-electron chi connectivity index (χ4n) is 3.62. The standard InChI is InChI=1S/C22H20F4N4/c1-13(15-3-2-4-17(21(15)23)22(24,25)26)30-18-7-10-28-20-12-29-19(11-16(18)20)14-5-8-27-9-6-14/h2-5,7,10-13,27H,6,8-9H2,1H3,(H,28,30)/t13-/m1/s1. The van der Waals surface area contributed by atoms with Crippen molar-refractivity contribution < 1.29 is 17.6 Å². The van der Waals surface area contributed by atoms with Crippen LogP contribution in [0.2, 0.25) is 0 Å². The third-order valence-electron chi connectivity index (χ3n) is 5.19. The molecule has 1 aliphatic heterocycles. The van der Waals surface area contributed by atoms with Gasteiger partial charge in [0.2, 0.25) is 0 Å². The van der Waals surface area contributed by atoms with Crippen molar-refractivity contribution in [2.24, 2.45) is 0 Å². The molecule has 0 saturated heterocycles. The van der Waals surface area contributed by atoms with E-state index in [4.69, 9.17) is 0 Å². The van der Waals surface area contributed by atoms with Crippen LogP contribution < -0.4 is 10.6 Å². The number of alkyl halides is 3. The fourth-order valence-corrected chi connectivity index (χ4v) is 3.62. The van der Waals surface area contributed by atoms with Gasteiger partial charge in [-0.15, -0.1) is 0 Å². The van der Waals surface area contributed by atoms with Crippen LogP contribution in [0.3, 0.4) is 0 Å². The van der Waals surface area contributed by atoms with Crippen LogP contribution in [0.25, 0.3) is 16.5 Å². The number of pyridine rings is 2. The average molecular weight is 416 g/mol. The number of fused-ring (bicyclic) bond motifs is 1. The zero-order valence-corrected chi connectivity index (χ0v) is 16.2. The Kier molecular flexibility index (Phi) is 5.42. The van der Waals surface area contributed by atoms with Crippen molar-refractivity contribution in [3.63, 3.8) is 0 Å². The number of benzene rings is 1. The average Bonchev–Trinajstić information content (AvgIpc) is 2.73. The van der Waals surface area contributed by atoms with Gasteiger partial charge in [0.25, 0.3) is 0 Å². The summed E-state index contributed by atoms with van der Waals surface area (Å²) in [4.78, 5) is 8.81. The van der Waals surface area contributed by atoms with Crippen LogP contribution in [0.4, 0.5) is 23.2 Å². The van der Waals surface area contributed by atoms with Gasteiger partial charge in [0.15, 0.2) is 0 Å². The van der Waals surface area contributed by atoms with Gasteiger partial charge >= 0.3 is 6.18 Å². The lowest BCUT2D eigenvalue weighted by molar-refractivity contribution is -0.140. The molecule has 0 fully saturated rings. The summed E-state index contributed by atoms with van der Waals surface area (Å²) in [6.07, 6.45) is 1.46. The molecule has 2 N–H and O–H groups in total. The Morgan fingerprint density at radius 2 is 2.00 bits per heavy atom. The predicted octanol–water partition coefficient (Wildman–Crippen LogP) is 5.34. The largest absolute Gasteiger partial charge is 0.419 e. The first-order valence-corrected chi connectivity index (χ1v) is 9.61. The van der Waals surface area contributed by atoms with E-state index in [9.17, 15) is 17.6 Å². The monoisotopic (exact) mass is 416 g/mol. The van der Waals surface area contributed by atoms with Gasteiger partial charge < -0.3 is 10.6 Å². The maximum absolute atomic E-state index is 14.5. The van der Waals surface area contributed by atoms with Crippen molar-refractivity contribution >= 4 is 22.2 Å². The Bertz CT molecular complexity index is 1110. The summed E-state index contributed by atoms with van der Waals surface area (Å²) in [6, 6.07) is 6.28. The number of hydrogen-bond donors (Lipinski definition) is 2. The summed E-state index contributed by atoms with van der Waals surface area (Å²) in [5, 5.41) is 7.18. The molecule has 3 heterocycles. The fraction of sp³-hybridized carbons (Fsp3) is 0.273. The van der Waals surface area contributed by atoms with Crippen LogP contribution in [0.1, 0.15) is 36.2 Å². The molecule has 2 aromatic heterocycles. The molecular weight excluding hydrogens is 396 g/mol. The lowest BCUT2D eigenvalue weighted by Gasteiger charge is -2.20. The molecule has 0 aliphatic carbocycles. The number of anilines is 1.